The highest BCUT2D eigenvalue weighted by molar-refractivity contribution is 7.11. The van der Waals surface area contributed by atoms with Crippen LogP contribution in [-0.2, 0) is 28.9 Å². The Balaban J connectivity index is 2.33. The summed E-state index contributed by atoms with van der Waals surface area (Å²) in [5, 5.41) is 1.12. The maximum atomic E-state index is 5.66. The van der Waals surface area contributed by atoms with Crippen LogP contribution in [0, 0.1) is 0 Å². The predicted octanol–water partition coefficient (Wildman–Crippen LogP) is 1.37. The van der Waals surface area contributed by atoms with E-state index in [1.807, 2.05) is 0 Å². The predicted molar refractivity (Wildman–Crippen MR) is 65.8 cm³/mol. The third-order valence-electron chi connectivity index (χ3n) is 2.23. The van der Waals surface area contributed by atoms with Crippen molar-refractivity contribution in [2.45, 2.75) is 26.3 Å². The van der Waals surface area contributed by atoms with Crippen LogP contribution in [0.25, 0.3) is 0 Å². The lowest BCUT2D eigenvalue weighted by molar-refractivity contribution is 0.0722. The van der Waals surface area contributed by atoms with Crippen LogP contribution in [0.1, 0.15) is 22.5 Å². The molecule has 1 heterocycles. The van der Waals surface area contributed by atoms with Crippen LogP contribution in [0.4, 0.5) is 0 Å². The zero-order chi connectivity index (χ0) is 11.8. The lowest BCUT2D eigenvalue weighted by Gasteiger charge is -2.00. The molecule has 0 aliphatic rings. The van der Waals surface area contributed by atoms with Crippen LogP contribution in [0.15, 0.2) is 0 Å². The highest BCUT2D eigenvalue weighted by Crippen LogP contribution is 2.19. The van der Waals surface area contributed by atoms with E-state index in [0.717, 1.165) is 23.5 Å². The molecule has 0 aliphatic heterocycles. The first-order valence-corrected chi connectivity index (χ1v) is 6.37. The molecule has 0 unspecified atom stereocenters. The summed E-state index contributed by atoms with van der Waals surface area (Å²) in [5.74, 6) is 0. The fourth-order valence-electron chi connectivity index (χ4n) is 1.38. The lowest BCUT2D eigenvalue weighted by atomic mass is 10.3. The first kappa shape index (κ1) is 13.6. The molecule has 0 saturated carbocycles. The Morgan fingerprint density at radius 2 is 2.12 bits per heavy atom. The molecular formula is C11H20N2O2S. The van der Waals surface area contributed by atoms with Crippen LogP contribution < -0.4 is 5.73 Å². The molecule has 1 aromatic heterocycles. The Kier molecular flexibility index (Phi) is 6.56. The zero-order valence-electron chi connectivity index (χ0n) is 9.99. The zero-order valence-corrected chi connectivity index (χ0v) is 10.8. The van der Waals surface area contributed by atoms with Crippen molar-refractivity contribution < 1.29 is 9.47 Å². The van der Waals surface area contributed by atoms with Crippen LogP contribution >= 0.6 is 11.3 Å². The fraction of sp³-hybridized carbons (Fsp3) is 0.727. The van der Waals surface area contributed by atoms with Crippen molar-refractivity contribution in [2.75, 3.05) is 26.9 Å². The standard InChI is InChI=1S/C11H20N2O2S/c1-3-9-10(8-12)16-11(13-9)4-5-15-7-6-14-2/h3-8,12H2,1-2H3. The molecule has 0 amide bonds. The van der Waals surface area contributed by atoms with Gasteiger partial charge in [0.1, 0.15) is 0 Å². The summed E-state index contributed by atoms with van der Waals surface area (Å²) >= 11 is 1.70. The second-order valence-corrected chi connectivity index (χ2v) is 4.56. The van der Waals surface area contributed by atoms with E-state index in [0.29, 0.717) is 26.4 Å². The molecule has 0 saturated heterocycles. The molecule has 0 aliphatic carbocycles. The molecule has 5 heteroatoms. The molecule has 16 heavy (non-hydrogen) atoms. The van der Waals surface area contributed by atoms with Gasteiger partial charge in [-0.2, -0.15) is 0 Å². The first-order chi connectivity index (χ1) is 7.81. The SMILES string of the molecule is CCc1nc(CCOCCOC)sc1CN. The van der Waals surface area contributed by atoms with E-state index in [9.17, 15) is 0 Å². The van der Waals surface area contributed by atoms with Crippen LogP contribution in [0.3, 0.4) is 0 Å². The van der Waals surface area contributed by atoms with Crippen molar-refractivity contribution in [3.05, 3.63) is 15.6 Å². The van der Waals surface area contributed by atoms with Gasteiger partial charge >= 0.3 is 0 Å². The minimum Gasteiger partial charge on any atom is -0.382 e. The number of hydrogen-bond acceptors (Lipinski definition) is 5. The number of nitrogens with zero attached hydrogens (tertiary/aromatic N) is 1. The van der Waals surface area contributed by atoms with Gasteiger partial charge in [0, 0.05) is 25.0 Å². The normalized spacial score (nSPS) is 10.9. The van der Waals surface area contributed by atoms with Crippen molar-refractivity contribution in [2.24, 2.45) is 5.73 Å². The van der Waals surface area contributed by atoms with E-state index in [1.54, 1.807) is 18.4 Å². The van der Waals surface area contributed by atoms with E-state index in [1.165, 1.54) is 4.88 Å². The maximum Gasteiger partial charge on any atom is 0.0954 e. The largest absolute Gasteiger partial charge is 0.382 e. The van der Waals surface area contributed by atoms with Crippen molar-refractivity contribution in [1.82, 2.24) is 4.98 Å². The number of hydrogen-bond donors (Lipinski definition) is 1. The highest BCUT2D eigenvalue weighted by atomic mass is 32.1. The Bertz CT molecular complexity index is 281. The summed E-state index contributed by atoms with van der Waals surface area (Å²) < 4.78 is 10.3. The highest BCUT2D eigenvalue weighted by Gasteiger charge is 2.07. The van der Waals surface area contributed by atoms with E-state index in [2.05, 4.69) is 11.9 Å². The fourth-order valence-corrected chi connectivity index (χ4v) is 2.40. The van der Waals surface area contributed by atoms with E-state index in [4.69, 9.17) is 15.2 Å². The monoisotopic (exact) mass is 244 g/mol. The van der Waals surface area contributed by atoms with Gasteiger partial charge in [0.15, 0.2) is 0 Å². The molecule has 0 aromatic carbocycles. The van der Waals surface area contributed by atoms with E-state index < -0.39 is 0 Å². The van der Waals surface area contributed by atoms with E-state index in [-0.39, 0.29) is 0 Å². The Labute approximate surface area is 101 Å². The Hall–Kier alpha value is -0.490. The Morgan fingerprint density at radius 1 is 1.31 bits per heavy atom. The summed E-state index contributed by atoms with van der Waals surface area (Å²) in [6.45, 7) is 4.68. The molecule has 0 radical (unpaired) electrons. The molecule has 92 valence electrons. The smallest absolute Gasteiger partial charge is 0.0954 e. The molecule has 0 fully saturated rings. The van der Waals surface area contributed by atoms with Crippen molar-refractivity contribution >= 4 is 11.3 Å². The van der Waals surface area contributed by atoms with Gasteiger partial charge in [0.25, 0.3) is 0 Å². The van der Waals surface area contributed by atoms with Crippen molar-refractivity contribution in [3.63, 3.8) is 0 Å². The lowest BCUT2D eigenvalue weighted by Crippen LogP contribution is -2.04. The van der Waals surface area contributed by atoms with Crippen molar-refractivity contribution in [3.8, 4) is 0 Å². The third-order valence-corrected chi connectivity index (χ3v) is 3.41. The van der Waals surface area contributed by atoms with Gasteiger partial charge in [-0.25, -0.2) is 4.98 Å². The second kappa shape index (κ2) is 7.73. The summed E-state index contributed by atoms with van der Waals surface area (Å²) in [7, 11) is 1.67. The molecule has 1 rings (SSSR count). The van der Waals surface area contributed by atoms with Gasteiger partial charge < -0.3 is 15.2 Å². The maximum absolute atomic E-state index is 5.66. The van der Waals surface area contributed by atoms with Gasteiger partial charge in [0.2, 0.25) is 0 Å². The summed E-state index contributed by atoms with van der Waals surface area (Å²) in [6.07, 6.45) is 1.81. The topological polar surface area (TPSA) is 57.4 Å². The molecule has 0 bridgehead atoms. The number of aromatic nitrogens is 1. The average molecular weight is 244 g/mol. The number of aryl methyl sites for hydroxylation is 1. The summed E-state index contributed by atoms with van der Waals surface area (Å²) in [5.41, 5.74) is 6.79. The van der Waals surface area contributed by atoms with Crippen LogP contribution in [0.5, 0.6) is 0 Å². The number of thiazole rings is 1. The molecule has 0 atom stereocenters. The molecule has 2 N–H and O–H groups in total. The molecule has 1 aromatic rings. The van der Waals surface area contributed by atoms with Crippen LogP contribution in [-0.4, -0.2) is 31.9 Å². The van der Waals surface area contributed by atoms with Gasteiger partial charge in [0.05, 0.1) is 30.5 Å². The summed E-state index contributed by atoms with van der Waals surface area (Å²) in [6, 6.07) is 0. The van der Waals surface area contributed by atoms with Crippen molar-refractivity contribution in [1.29, 1.82) is 0 Å². The first-order valence-electron chi connectivity index (χ1n) is 5.56. The number of rotatable bonds is 8. The number of ether oxygens (including phenoxy) is 2. The minimum atomic E-state index is 0.589. The van der Waals surface area contributed by atoms with Gasteiger partial charge in [-0.1, -0.05) is 6.92 Å². The number of nitrogens with two attached hydrogens (primary N) is 1. The molecule has 0 spiro atoms. The average Bonchev–Trinajstić information content (AvgIpc) is 2.71. The molecule has 4 nitrogen and oxygen atoms in total. The second-order valence-electron chi connectivity index (χ2n) is 3.39. The molecular weight excluding hydrogens is 224 g/mol. The van der Waals surface area contributed by atoms with Crippen LogP contribution in [0.2, 0.25) is 0 Å². The van der Waals surface area contributed by atoms with Gasteiger partial charge in [-0.05, 0) is 6.42 Å². The van der Waals surface area contributed by atoms with Gasteiger partial charge in [-0.15, -0.1) is 11.3 Å². The van der Waals surface area contributed by atoms with E-state index >= 15 is 0 Å². The summed E-state index contributed by atoms with van der Waals surface area (Å²) in [4.78, 5) is 5.75. The Morgan fingerprint density at radius 3 is 2.69 bits per heavy atom. The number of methoxy groups -OCH3 is 1. The third kappa shape index (κ3) is 4.17. The quantitative estimate of drug-likeness (QED) is 0.702. The minimum absolute atomic E-state index is 0.589. The van der Waals surface area contributed by atoms with Gasteiger partial charge in [-0.3, -0.25) is 0 Å².